The number of piperazine rings is 1. The number of rotatable bonds is 2. The number of carbonyl (C=O) groups is 2. The Hall–Kier alpha value is -1.84. The summed E-state index contributed by atoms with van der Waals surface area (Å²) in [5.41, 5.74) is 1.84. The molecule has 2 unspecified atom stereocenters. The van der Waals surface area contributed by atoms with Crippen LogP contribution >= 0.6 is 0 Å². The van der Waals surface area contributed by atoms with Gasteiger partial charge in [0.2, 0.25) is 11.8 Å². The second-order valence-corrected chi connectivity index (χ2v) is 6.63. The van der Waals surface area contributed by atoms with Gasteiger partial charge in [0.25, 0.3) is 0 Å². The molecule has 0 aromatic heterocycles. The molecule has 2 atom stereocenters. The van der Waals surface area contributed by atoms with Crippen LogP contribution in [0.5, 0.6) is 0 Å². The lowest BCUT2D eigenvalue weighted by atomic mass is 9.84. The maximum absolute atomic E-state index is 12.6. The largest absolute Gasteiger partial charge is 0.343 e. The van der Waals surface area contributed by atoms with Gasteiger partial charge in [0.1, 0.15) is 12.1 Å². The van der Waals surface area contributed by atoms with E-state index in [9.17, 15) is 9.59 Å². The fraction of sp³-hybridized carbons (Fsp3) is 0.529. The molecule has 0 bridgehead atoms. The molecule has 4 heteroatoms. The van der Waals surface area contributed by atoms with E-state index in [1.54, 1.807) is 11.8 Å². The average Bonchev–Trinajstić information content (AvgIpc) is 2.41. The first-order valence-corrected chi connectivity index (χ1v) is 7.50. The third-order valence-corrected chi connectivity index (χ3v) is 3.94. The minimum atomic E-state index is -0.478. The van der Waals surface area contributed by atoms with Gasteiger partial charge in [-0.05, 0) is 30.4 Å². The van der Waals surface area contributed by atoms with Crippen molar-refractivity contribution in [1.82, 2.24) is 5.32 Å². The quantitative estimate of drug-likeness (QED) is 0.909. The lowest BCUT2D eigenvalue weighted by Gasteiger charge is -2.40. The van der Waals surface area contributed by atoms with Crippen LogP contribution in [0.25, 0.3) is 0 Å². The molecular formula is C17H24N2O2. The van der Waals surface area contributed by atoms with E-state index in [-0.39, 0.29) is 17.2 Å². The lowest BCUT2D eigenvalue weighted by Crippen LogP contribution is -2.62. The fourth-order valence-corrected chi connectivity index (χ4v) is 2.82. The minimum Gasteiger partial charge on any atom is -0.343 e. The van der Waals surface area contributed by atoms with Crippen molar-refractivity contribution in [2.45, 2.75) is 58.5 Å². The summed E-state index contributed by atoms with van der Waals surface area (Å²) in [6.45, 7) is 10.0. The lowest BCUT2D eigenvalue weighted by molar-refractivity contribution is -0.133. The highest BCUT2D eigenvalue weighted by Gasteiger charge is 2.39. The molecule has 2 amide bonds. The molecule has 4 nitrogen and oxygen atoms in total. The summed E-state index contributed by atoms with van der Waals surface area (Å²) in [6.07, 6.45) is 0.600. The molecule has 1 aromatic carbocycles. The number of para-hydroxylation sites is 1. The number of anilines is 1. The van der Waals surface area contributed by atoms with Crippen molar-refractivity contribution >= 4 is 17.5 Å². The zero-order chi connectivity index (χ0) is 15.8. The summed E-state index contributed by atoms with van der Waals surface area (Å²) < 4.78 is 0. The third kappa shape index (κ3) is 2.80. The van der Waals surface area contributed by atoms with Gasteiger partial charge in [0.05, 0.1) is 0 Å². The third-order valence-electron chi connectivity index (χ3n) is 3.94. The van der Waals surface area contributed by atoms with E-state index in [1.165, 1.54) is 0 Å². The van der Waals surface area contributed by atoms with Gasteiger partial charge in [-0.3, -0.25) is 14.5 Å². The van der Waals surface area contributed by atoms with Crippen LogP contribution in [0.15, 0.2) is 24.3 Å². The van der Waals surface area contributed by atoms with Crippen LogP contribution in [0.3, 0.4) is 0 Å². The topological polar surface area (TPSA) is 49.4 Å². The van der Waals surface area contributed by atoms with E-state index in [4.69, 9.17) is 0 Å². The molecule has 0 aliphatic carbocycles. The van der Waals surface area contributed by atoms with Gasteiger partial charge in [0, 0.05) is 5.69 Å². The monoisotopic (exact) mass is 288 g/mol. The summed E-state index contributed by atoms with van der Waals surface area (Å²) in [7, 11) is 0. The predicted octanol–water partition coefficient (Wildman–Crippen LogP) is 2.61. The molecule has 1 heterocycles. The molecule has 1 N–H and O–H groups in total. The van der Waals surface area contributed by atoms with Crippen LogP contribution in [0.2, 0.25) is 0 Å². The van der Waals surface area contributed by atoms with Gasteiger partial charge < -0.3 is 5.32 Å². The molecule has 0 spiro atoms. The van der Waals surface area contributed by atoms with E-state index >= 15 is 0 Å². The first-order valence-electron chi connectivity index (χ1n) is 7.50. The zero-order valence-corrected chi connectivity index (χ0v) is 13.4. The predicted molar refractivity (Wildman–Crippen MR) is 84.3 cm³/mol. The minimum absolute atomic E-state index is 0.0434. The van der Waals surface area contributed by atoms with Crippen LogP contribution in [0.4, 0.5) is 5.69 Å². The fourth-order valence-electron chi connectivity index (χ4n) is 2.82. The maximum Gasteiger partial charge on any atom is 0.250 e. The number of nitrogens with zero attached hydrogens (tertiary/aromatic N) is 1. The number of benzene rings is 1. The van der Waals surface area contributed by atoms with E-state index in [0.29, 0.717) is 6.42 Å². The second-order valence-electron chi connectivity index (χ2n) is 6.63. The summed E-state index contributed by atoms with van der Waals surface area (Å²) in [6, 6.07) is 6.95. The molecule has 2 rings (SSSR count). The van der Waals surface area contributed by atoms with Crippen molar-refractivity contribution < 1.29 is 9.59 Å². The molecule has 1 saturated heterocycles. The Kier molecular flexibility index (Phi) is 4.08. The first-order chi connectivity index (χ1) is 9.77. The van der Waals surface area contributed by atoms with E-state index < -0.39 is 12.1 Å². The van der Waals surface area contributed by atoms with Gasteiger partial charge in [-0.15, -0.1) is 0 Å². The molecule has 114 valence electrons. The number of carbonyl (C=O) groups excluding carboxylic acids is 2. The number of hydrogen-bond donors (Lipinski definition) is 1. The van der Waals surface area contributed by atoms with Crippen molar-refractivity contribution in [3.63, 3.8) is 0 Å². The first kappa shape index (κ1) is 15.5. The normalized spacial score (nSPS) is 23.2. The number of nitrogens with one attached hydrogen (secondary N) is 1. The van der Waals surface area contributed by atoms with Gasteiger partial charge in [-0.2, -0.15) is 0 Å². The summed E-state index contributed by atoms with van der Waals surface area (Å²) in [5, 5.41) is 2.76. The number of hydrogen-bond acceptors (Lipinski definition) is 2. The van der Waals surface area contributed by atoms with Crippen LogP contribution in [0.1, 0.15) is 46.6 Å². The molecular weight excluding hydrogens is 264 g/mol. The average molecular weight is 288 g/mol. The van der Waals surface area contributed by atoms with Gasteiger partial charge in [0.15, 0.2) is 0 Å². The molecule has 0 saturated carbocycles. The Morgan fingerprint density at radius 1 is 1.19 bits per heavy atom. The van der Waals surface area contributed by atoms with Crippen LogP contribution < -0.4 is 10.2 Å². The number of amides is 2. The van der Waals surface area contributed by atoms with Gasteiger partial charge >= 0.3 is 0 Å². The van der Waals surface area contributed by atoms with Crippen molar-refractivity contribution in [3.05, 3.63) is 29.8 Å². The smallest absolute Gasteiger partial charge is 0.250 e. The van der Waals surface area contributed by atoms with E-state index in [0.717, 1.165) is 11.3 Å². The van der Waals surface area contributed by atoms with Gasteiger partial charge in [-0.25, -0.2) is 0 Å². The molecule has 1 aliphatic heterocycles. The maximum atomic E-state index is 12.6. The standard InChI is InChI=1S/C17H24N2O2/c1-6-13-15(20)18-11(2)16(21)19(13)14-10-8-7-9-12(14)17(3,4)5/h7-11,13H,6H2,1-5H3,(H,18,20). The van der Waals surface area contributed by atoms with E-state index in [2.05, 4.69) is 26.1 Å². The summed E-state index contributed by atoms with van der Waals surface area (Å²) >= 11 is 0. The Bertz CT molecular complexity index is 560. The molecule has 1 aliphatic rings. The molecule has 21 heavy (non-hydrogen) atoms. The van der Waals surface area contributed by atoms with Gasteiger partial charge in [-0.1, -0.05) is 45.9 Å². The molecule has 1 fully saturated rings. The highest BCUT2D eigenvalue weighted by molar-refractivity contribution is 6.08. The Labute approximate surface area is 126 Å². The molecule has 1 aromatic rings. The summed E-state index contributed by atoms with van der Waals surface area (Å²) in [5.74, 6) is -0.119. The SMILES string of the molecule is CCC1C(=O)NC(C)C(=O)N1c1ccccc1C(C)(C)C. The Morgan fingerprint density at radius 3 is 2.38 bits per heavy atom. The zero-order valence-electron chi connectivity index (χ0n) is 13.4. The Morgan fingerprint density at radius 2 is 1.81 bits per heavy atom. The van der Waals surface area contributed by atoms with E-state index in [1.807, 2.05) is 31.2 Å². The van der Waals surface area contributed by atoms with Crippen LogP contribution in [0, 0.1) is 0 Å². The van der Waals surface area contributed by atoms with Crippen LogP contribution in [-0.2, 0) is 15.0 Å². The summed E-state index contributed by atoms with van der Waals surface area (Å²) in [4.78, 5) is 26.5. The van der Waals surface area contributed by atoms with Crippen molar-refractivity contribution in [2.24, 2.45) is 0 Å². The van der Waals surface area contributed by atoms with Crippen molar-refractivity contribution in [3.8, 4) is 0 Å². The second kappa shape index (κ2) is 5.51. The van der Waals surface area contributed by atoms with Crippen molar-refractivity contribution in [2.75, 3.05) is 4.90 Å². The molecule has 0 radical (unpaired) electrons. The van der Waals surface area contributed by atoms with Crippen LogP contribution in [-0.4, -0.2) is 23.9 Å². The highest BCUT2D eigenvalue weighted by atomic mass is 16.2. The highest BCUT2D eigenvalue weighted by Crippen LogP contribution is 2.34. The Balaban J connectivity index is 2.57. The van der Waals surface area contributed by atoms with Crippen molar-refractivity contribution in [1.29, 1.82) is 0 Å².